The van der Waals surface area contributed by atoms with Crippen LogP contribution in [-0.4, -0.2) is 33.7 Å². The van der Waals surface area contributed by atoms with E-state index in [-0.39, 0.29) is 40.3 Å². The van der Waals surface area contributed by atoms with Gasteiger partial charge < -0.3 is 10.2 Å². The second-order valence-electron chi connectivity index (χ2n) is 14.9. The predicted octanol–water partition coefficient (Wildman–Crippen LogP) is 5.85. The van der Waals surface area contributed by atoms with Crippen molar-refractivity contribution >= 4 is 23.5 Å². The Kier molecular flexibility index (Phi) is 5.31. The molecule has 3 saturated carbocycles. The lowest BCUT2D eigenvalue weighted by atomic mass is 9.34. The number of ketones is 2. The maximum Gasteiger partial charge on any atom is 0.339 e. The fourth-order valence-corrected chi connectivity index (χ4v) is 10.1. The average molecular weight is 511 g/mol. The smallest absolute Gasteiger partial charge is 0.339 e. The van der Waals surface area contributed by atoms with Gasteiger partial charge in [-0.1, -0.05) is 60.1 Å². The Bertz CT molecular complexity index is 1190. The van der Waals surface area contributed by atoms with Crippen molar-refractivity contribution in [3.05, 3.63) is 23.3 Å². The minimum atomic E-state index is -1.22. The number of carboxylic acid groups (broad SMARTS) is 2. The average Bonchev–Trinajstić information content (AvgIpc) is 2.77. The predicted molar refractivity (Wildman–Crippen MR) is 139 cm³/mol. The number of carbonyl (C=O) groups is 4. The third-order valence-electron chi connectivity index (χ3n) is 12.4. The SMILES string of the molecule is CC1(C)CC[C@]2(C(=O)O)CC[C@]3(C)C(C(=O)C=C4[C@@]5(C)C=C(C(=O)O)C(=O)C(C)(C)[C@@H]5CC[C@]43C)[C@@H]2C1. The van der Waals surface area contributed by atoms with Crippen molar-refractivity contribution in [1.82, 2.24) is 0 Å². The van der Waals surface area contributed by atoms with Gasteiger partial charge in [0.2, 0.25) is 0 Å². The molecule has 5 aliphatic rings. The summed E-state index contributed by atoms with van der Waals surface area (Å²) in [5.41, 5.74) is -2.58. The van der Waals surface area contributed by atoms with Gasteiger partial charge >= 0.3 is 11.9 Å². The van der Waals surface area contributed by atoms with Crippen molar-refractivity contribution < 1.29 is 29.4 Å². The molecule has 7 atom stereocenters. The molecule has 0 aromatic rings. The van der Waals surface area contributed by atoms with Gasteiger partial charge in [-0.05, 0) is 79.1 Å². The zero-order valence-corrected chi connectivity index (χ0v) is 23.4. The summed E-state index contributed by atoms with van der Waals surface area (Å²) in [4.78, 5) is 52.4. The van der Waals surface area contributed by atoms with Gasteiger partial charge in [-0.15, -0.1) is 0 Å². The molecule has 6 nitrogen and oxygen atoms in total. The van der Waals surface area contributed by atoms with E-state index in [4.69, 9.17) is 0 Å². The molecule has 0 aromatic heterocycles. The summed E-state index contributed by atoms with van der Waals surface area (Å²) in [5, 5.41) is 20.4. The van der Waals surface area contributed by atoms with Crippen molar-refractivity contribution in [3.8, 4) is 0 Å². The van der Waals surface area contributed by atoms with E-state index >= 15 is 0 Å². The van der Waals surface area contributed by atoms with Gasteiger partial charge in [0.25, 0.3) is 0 Å². The number of rotatable bonds is 2. The van der Waals surface area contributed by atoms with E-state index in [1.807, 2.05) is 20.8 Å². The van der Waals surface area contributed by atoms with Crippen molar-refractivity contribution in [1.29, 1.82) is 0 Å². The number of Topliss-reactive ketones (excluding diaryl/α,β-unsaturated/α-hetero) is 1. The van der Waals surface area contributed by atoms with E-state index in [0.717, 1.165) is 31.3 Å². The molecule has 0 aliphatic heterocycles. The molecular formula is C31H42O6. The first-order valence-corrected chi connectivity index (χ1v) is 13.9. The van der Waals surface area contributed by atoms with Crippen LogP contribution in [0.25, 0.3) is 0 Å². The third-order valence-corrected chi connectivity index (χ3v) is 12.4. The highest BCUT2D eigenvalue weighted by molar-refractivity contribution is 6.19. The van der Waals surface area contributed by atoms with Crippen LogP contribution in [0, 0.1) is 50.2 Å². The van der Waals surface area contributed by atoms with Gasteiger partial charge in [0.05, 0.1) is 11.0 Å². The van der Waals surface area contributed by atoms with E-state index in [9.17, 15) is 29.4 Å². The Hall–Kier alpha value is -2.24. The van der Waals surface area contributed by atoms with Crippen molar-refractivity contribution in [2.24, 2.45) is 50.2 Å². The van der Waals surface area contributed by atoms with E-state index < -0.39 is 39.0 Å². The first-order valence-electron chi connectivity index (χ1n) is 13.9. The Morgan fingerprint density at radius 2 is 1.51 bits per heavy atom. The lowest BCUT2D eigenvalue weighted by molar-refractivity contribution is -0.188. The minimum Gasteiger partial charge on any atom is -0.481 e. The molecule has 0 aromatic carbocycles. The van der Waals surface area contributed by atoms with Crippen LogP contribution in [-0.2, 0) is 19.2 Å². The summed E-state index contributed by atoms with van der Waals surface area (Å²) in [6.07, 6.45) is 8.33. The van der Waals surface area contributed by atoms with Crippen LogP contribution in [0.4, 0.5) is 0 Å². The fraction of sp³-hybridized carbons (Fsp3) is 0.742. The van der Waals surface area contributed by atoms with E-state index in [2.05, 4.69) is 27.7 Å². The van der Waals surface area contributed by atoms with Crippen LogP contribution in [0.2, 0.25) is 0 Å². The monoisotopic (exact) mass is 510 g/mol. The number of carbonyl (C=O) groups excluding carboxylic acids is 2. The molecule has 0 heterocycles. The first kappa shape index (κ1) is 26.4. The molecule has 5 aliphatic carbocycles. The highest BCUT2D eigenvalue weighted by Gasteiger charge is 2.71. The van der Waals surface area contributed by atoms with Crippen molar-refractivity contribution in [2.75, 3.05) is 0 Å². The van der Waals surface area contributed by atoms with Gasteiger partial charge in [-0.2, -0.15) is 0 Å². The summed E-state index contributed by atoms with van der Waals surface area (Å²) < 4.78 is 0. The topological polar surface area (TPSA) is 109 Å². The van der Waals surface area contributed by atoms with Gasteiger partial charge in [0.15, 0.2) is 11.6 Å². The molecule has 1 unspecified atom stereocenters. The molecule has 0 amide bonds. The zero-order chi connectivity index (χ0) is 27.6. The zero-order valence-electron chi connectivity index (χ0n) is 23.4. The standard InChI is InChI=1S/C31H42O6/c1-26(2)10-12-31(25(36)37)13-11-30(7)22(18(31)16-26)19(32)14-21-28(5)15-17(24(34)35)23(33)27(3,4)20(28)8-9-29(21,30)6/h14-15,18,20,22H,8-13,16H2,1-7H3,(H,34,35)(H,36,37)/t18-,20-,22?,28-,29+,30+,31-/m0/s1. The number of allylic oxidation sites excluding steroid dienone is 3. The van der Waals surface area contributed by atoms with Crippen LogP contribution < -0.4 is 0 Å². The van der Waals surface area contributed by atoms with Gasteiger partial charge in [0, 0.05) is 16.7 Å². The highest BCUT2D eigenvalue weighted by atomic mass is 16.4. The lowest BCUT2D eigenvalue weighted by Gasteiger charge is -2.68. The van der Waals surface area contributed by atoms with Gasteiger partial charge in [0.1, 0.15) is 0 Å². The molecule has 202 valence electrons. The van der Waals surface area contributed by atoms with Crippen LogP contribution >= 0.6 is 0 Å². The third kappa shape index (κ3) is 3.10. The number of fused-ring (bicyclic) bond motifs is 7. The maximum atomic E-state index is 14.2. The lowest BCUT2D eigenvalue weighted by Crippen LogP contribution is -2.65. The van der Waals surface area contributed by atoms with Crippen molar-refractivity contribution in [2.45, 2.75) is 93.4 Å². The number of hydrogen-bond acceptors (Lipinski definition) is 4. The second kappa shape index (κ2) is 7.45. The molecule has 0 spiro atoms. The molecule has 3 fully saturated rings. The highest BCUT2D eigenvalue weighted by Crippen LogP contribution is 2.74. The number of carboxylic acids is 2. The molecule has 0 bridgehead atoms. The molecule has 5 rings (SSSR count). The molecule has 37 heavy (non-hydrogen) atoms. The summed E-state index contributed by atoms with van der Waals surface area (Å²) in [6.45, 7) is 14.5. The maximum absolute atomic E-state index is 14.2. The van der Waals surface area contributed by atoms with E-state index in [1.165, 1.54) is 0 Å². The van der Waals surface area contributed by atoms with Crippen molar-refractivity contribution in [3.63, 3.8) is 0 Å². The fourth-order valence-electron chi connectivity index (χ4n) is 10.1. The first-order chi connectivity index (χ1) is 16.9. The number of aliphatic carboxylic acids is 2. The molecular weight excluding hydrogens is 468 g/mol. The van der Waals surface area contributed by atoms with Gasteiger partial charge in [-0.25, -0.2) is 4.79 Å². The minimum absolute atomic E-state index is 0.00939. The quantitative estimate of drug-likeness (QED) is 0.451. The summed E-state index contributed by atoms with van der Waals surface area (Å²) in [7, 11) is 0. The normalized spacial score (nSPS) is 45.9. The van der Waals surface area contributed by atoms with E-state index in [0.29, 0.717) is 19.3 Å². The largest absolute Gasteiger partial charge is 0.481 e. The number of hydrogen-bond donors (Lipinski definition) is 2. The Balaban J connectivity index is 1.71. The van der Waals surface area contributed by atoms with Crippen LogP contribution in [0.15, 0.2) is 23.3 Å². The van der Waals surface area contributed by atoms with Crippen LogP contribution in [0.3, 0.4) is 0 Å². The Morgan fingerprint density at radius 1 is 0.892 bits per heavy atom. The summed E-state index contributed by atoms with van der Waals surface area (Å²) in [5.74, 6) is -3.05. The van der Waals surface area contributed by atoms with Gasteiger partial charge in [-0.3, -0.25) is 14.4 Å². The molecule has 6 heteroatoms. The molecule has 0 radical (unpaired) electrons. The summed E-state index contributed by atoms with van der Waals surface area (Å²) in [6, 6.07) is 0. The van der Waals surface area contributed by atoms with Crippen LogP contribution in [0.1, 0.15) is 93.4 Å². The van der Waals surface area contributed by atoms with E-state index in [1.54, 1.807) is 12.2 Å². The molecule has 2 N–H and O–H groups in total. The molecule has 0 saturated heterocycles. The summed E-state index contributed by atoms with van der Waals surface area (Å²) >= 11 is 0. The van der Waals surface area contributed by atoms with Crippen LogP contribution in [0.5, 0.6) is 0 Å². The second-order valence-corrected chi connectivity index (χ2v) is 14.9. The Morgan fingerprint density at radius 3 is 2.11 bits per heavy atom. The Labute approximate surface area is 220 Å².